The van der Waals surface area contributed by atoms with Crippen molar-refractivity contribution in [3.05, 3.63) is 45.3 Å². The number of hydrogen-bond donors (Lipinski definition) is 2. The molecule has 112 valence electrons. The minimum Gasteiger partial charge on any atom is -0.339 e. The molecule has 7 heteroatoms. The summed E-state index contributed by atoms with van der Waals surface area (Å²) < 4.78 is 0.697. The number of carbonyl (C=O) groups is 1. The molecule has 0 fully saturated rings. The van der Waals surface area contributed by atoms with Crippen LogP contribution in [0.5, 0.6) is 0 Å². The molecular weight excluding hydrogens is 356 g/mol. The molecule has 0 atom stereocenters. The average Bonchev–Trinajstić information content (AvgIpc) is 2.46. The molecule has 0 saturated carbocycles. The van der Waals surface area contributed by atoms with E-state index in [2.05, 4.69) is 36.5 Å². The van der Waals surface area contributed by atoms with E-state index < -0.39 is 0 Å². The minimum absolute atomic E-state index is 0.157. The van der Waals surface area contributed by atoms with E-state index >= 15 is 0 Å². The predicted molar refractivity (Wildman–Crippen MR) is 89.6 cm³/mol. The number of anilines is 2. The Morgan fingerprint density at radius 1 is 1.33 bits per heavy atom. The van der Waals surface area contributed by atoms with Gasteiger partial charge < -0.3 is 10.6 Å². The number of carbonyl (C=O) groups excluding carboxylic acids is 1. The molecule has 0 radical (unpaired) electrons. The van der Waals surface area contributed by atoms with Gasteiger partial charge in [0.25, 0.3) is 0 Å². The second kappa shape index (κ2) is 8.71. The molecule has 1 heterocycles. The molecule has 0 aliphatic carbocycles. The molecule has 0 saturated heterocycles. The van der Waals surface area contributed by atoms with E-state index in [1.807, 2.05) is 27.1 Å². The number of benzene rings is 1. The van der Waals surface area contributed by atoms with Crippen molar-refractivity contribution in [2.75, 3.05) is 19.4 Å². The monoisotopic (exact) mass is 370 g/mol. The van der Waals surface area contributed by atoms with Gasteiger partial charge in [-0.3, -0.25) is 4.79 Å². The molecule has 2 rings (SSSR count). The lowest BCUT2D eigenvalue weighted by atomic mass is 10.1. The maximum atomic E-state index is 10.8. The van der Waals surface area contributed by atoms with Crippen molar-refractivity contribution >= 4 is 45.3 Å². The predicted octanol–water partition coefficient (Wildman–Crippen LogP) is 3.59. The topological polar surface area (TPSA) is 66.9 Å². The van der Waals surface area contributed by atoms with Crippen molar-refractivity contribution in [3.8, 4) is 0 Å². The average molecular weight is 372 g/mol. The number of halogens is 2. The standard InChI is InChI=1S/C12H9BrClN3O.C2H7N/c1-7-2-3-8(6-18)4-10(7)16-11-9(13)5-15-12(14)17-11;1-3-2/h2-6H,1H3,(H,15,16,17);3H,1-2H3. The van der Waals surface area contributed by atoms with Crippen molar-refractivity contribution in [1.82, 2.24) is 15.3 Å². The van der Waals surface area contributed by atoms with E-state index in [0.717, 1.165) is 17.5 Å². The fourth-order valence-corrected chi connectivity index (χ4v) is 1.83. The van der Waals surface area contributed by atoms with Gasteiger partial charge in [0.15, 0.2) is 0 Å². The summed E-state index contributed by atoms with van der Waals surface area (Å²) in [6, 6.07) is 5.38. The fraction of sp³-hybridized carbons (Fsp3) is 0.214. The highest BCUT2D eigenvalue weighted by Crippen LogP contribution is 2.26. The number of nitrogens with zero attached hydrogens (tertiary/aromatic N) is 2. The Morgan fingerprint density at radius 2 is 2.00 bits per heavy atom. The van der Waals surface area contributed by atoms with E-state index in [0.29, 0.717) is 15.9 Å². The Morgan fingerprint density at radius 3 is 2.62 bits per heavy atom. The van der Waals surface area contributed by atoms with Crippen molar-refractivity contribution in [1.29, 1.82) is 0 Å². The first-order valence-electron chi connectivity index (χ1n) is 6.11. The zero-order chi connectivity index (χ0) is 15.8. The van der Waals surface area contributed by atoms with E-state index in [9.17, 15) is 4.79 Å². The van der Waals surface area contributed by atoms with Crippen LogP contribution in [-0.2, 0) is 0 Å². The Hall–Kier alpha value is -1.50. The summed E-state index contributed by atoms with van der Waals surface area (Å²) in [6.45, 7) is 1.94. The smallest absolute Gasteiger partial charge is 0.224 e. The van der Waals surface area contributed by atoms with Crippen LogP contribution in [0.1, 0.15) is 15.9 Å². The fourth-order valence-electron chi connectivity index (χ4n) is 1.41. The Balaban J connectivity index is 0.000000677. The number of hydrogen-bond acceptors (Lipinski definition) is 5. The molecule has 0 unspecified atom stereocenters. The van der Waals surface area contributed by atoms with Crippen LogP contribution in [0.15, 0.2) is 28.9 Å². The number of nitrogens with one attached hydrogen (secondary N) is 2. The summed E-state index contributed by atoms with van der Waals surface area (Å²) in [6.07, 6.45) is 2.36. The molecular formula is C14H16BrClN4O. The summed E-state index contributed by atoms with van der Waals surface area (Å²) in [4.78, 5) is 18.7. The zero-order valence-electron chi connectivity index (χ0n) is 11.9. The first kappa shape index (κ1) is 17.6. The van der Waals surface area contributed by atoms with E-state index in [1.54, 1.807) is 18.3 Å². The molecule has 0 aliphatic rings. The Bertz CT molecular complexity index is 622. The van der Waals surface area contributed by atoms with Gasteiger partial charge in [-0.2, -0.15) is 4.98 Å². The first-order valence-corrected chi connectivity index (χ1v) is 7.28. The van der Waals surface area contributed by atoms with Gasteiger partial charge in [-0.15, -0.1) is 0 Å². The molecule has 1 aromatic heterocycles. The van der Waals surface area contributed by atoms with E-state index in [1.165, 1.54) is 0 Å². The summed E-state index contributed by atoms with van der Waals surface area (Å²) >= 11 is 9.07. The molecule has 0 spiro atoms. The van der Waals surface area contributed by atoms with Crippen LogP contribution in [0, 0.1) is 6.92 Å². The molecule has 0 bridgehead atoms. The van der Waals surface area contributed by atoms with Crippen LogP contribution in [0.2, 0.25) is 5.28 Å². The van der Waals surface area contributed by atoms with Gasteiger partial charge in [-0.1, -0.05) is 12.1 Å². The van der Waals surface area contributed by atoms with Gasteiger partial charge in [0, 0.05) is 17.4 Å². The lowest BCUT2D eigenvalue weighted by Crippen LogP contribution is -1.99. The van der Waals surface area contributed by atoms with Crippen LogP contribution in [0.3, 0.4) is 0 Å². The van der Waals surface area contributed by atoms with Gasteiger partial charge in [0.2, 0.25) is 5.28 Å². The molecule has 5 nitrogen and oxygen atoms in total. The number of aromatic nitrogens is 2. The molecule has 1 aromatic carbocycles. The van der Waals surface area contributed by atoms with Crippen molar-refractivity contribution in [2.45, 2.75) is 6.92 Å². The summed E-state index contributed by atoms with van der Waals surface area (Å²) in [7, 11) is 3.75. The third kappa shape index (κ3) is 5.41. The summed E-state index contributed by atoms with van der Waals surface area (Å²) in [5, 5.41) is 6.02. The van der Waals surface area contributed by atoms with Gasteiger partial charge in [-0.25, -0.2) is 4.98 Å². The van der Waals surface area contributed by atoms with Crippen LogP contribution in [0.4, 0.5) is 11.5 Å². The normalized spacial score (nSPS) is 9.57. The Labute approximate surface area is 137 Å². The molecule has 0 amide bonds. The zero-order valence-corrected chi connectivity index (χ0v) is 14.3. The largest absolute Gasteiger partial charge is 0.339 e. The second-order valence-corrected chi connectivity index (χ2v) is 5.35. The number of rotatable bonds is 3. The van der Waals surface area contributed by atoms with Crippen LogP contribution >= 0.6 is 27.5 Å². The van der Waals surface area contributed by atoms with Gasteiger partial charge >= 0.3 is 0 Å². The van der Waals surface area contributed by atoms with Crippen molar-refractivity contribution < 1.29 is 4.79 Å². The Kier molecular flexibility index (Phi) is 7.28. The number of aryl methyl sites for hydroxylation is 1. The highest BCUT2D eigenvalue weighted by atomic mass is 79.9. The minimum atomic E-state index is 0.157. The maximum absolute atomic E-state index is 10.8. The summed E-state index contributed by atoms with van der Waals surface area (Å²) in [5.41, 5.74) is 2.40. The van der Waals surface area contributed by atoms with Crippen molar-refractivity contribution in [3.63, 3.8) is 0 Å². The van der Waals surface area contributed by atoms with Crippen LogP contribution in [-0.4, -0.2) is 30.3 Å². The quantitative estimate of drug-likeness (QED) is 0.637. The lowest BCUT2D eigenvalue weighted by Gasteiger charge is -2.10. The van der Waals surface area contributed by atoms with E-state index in [4.69, 9.17) is 11.6 Å². The highest BCUT2D eigenvalue weighted by Gasteiger charge is 2.06. The first-order chi connectivity index (χ1) is 10.0. The third-order valence-corrected chi connectivity index (χ3v) is 3.13. The second-order valence-electron chi connectivity index (χ2n) is 4.15. The van der Waals surface area contributed by atoms with Crippen LogP contribution in [0.25, 0.3) is 0 Å². The lowest BCUT2D eigenvalue weighted by molar-refractivity contribution is 0.112. The number of aldehydes is 1. The maximum Gasteiger partial charge on any atom is 0.224 e. The van der Waals surface area contributed by atoms with Crippen molar-refractivity contribution in [2.24, 2.45) is 0 Å². The van der Waals surface area contributed by atoms with Crippen LogP contribution < -0.4 is 10.6 Å². The molecule has 2 N–H and O–H groups in total. The SMILES string of the molecule is CNC.Cc1ccc(C=O)cc1Nc1nc(Cl)ncc1Br. The molecule has 21 heavy (non-hydrogen) atoms. The molecule has 2 aromatic rings. The third-order valence-electron chi connectivity index (χ3n) is 2.37. The highest BCUT2D eigenvalue weighted by molar-refractivity contribution is 9.10. The van der Waals surface area contributed by atoms with Gasteiger partial charge in [0.05, 0.1) is 4.47 Å². The van der Waals surface area contributed by atoms with E-state index in [-0.39, 0.29) is 5.28 Å². The molecule has 0 aliphatic heterocycles. The van der Waals surface area contributed by atoms with Gasteiger partial charge in [-0.05, 0) is 60.2 Å². The van der Waals surface area contributed by atoms with Gasteiger partial charge in [0.1, 0.15) is 12.1 Å². The summed E-state index contributed by atoms with van der Waals surface area (Å²) in [5.74, 6) is 0.557.